The summed E-state index contributed by atoms with van der Waals surface area (Å²) >= 11 is 0. The number of hydrogen-bond acceptors (Lipinski definition) is 4. The first kappa shape index (κ1) is 22.6. The lowest BCUT2D eigenvalue weighted by atomic mass is 9.99. The topological polar surface area (TPSA) is 71.2 Å². The normalized spacial score (nSPS) is 17.7. The molecule has 1 aliphatic rings. The second kappa shape index (κ2) is 8.57. The van der Waals surface area contributed by atoms with Crippen molar-refractivity contribution >= 4 is 16.7 Å². The maximum Gasteiger partial charge on any atom is 0.389 e. The van der Waals surface area contributed by atoms with Crippen molar-refractivity contribution in [1.82, 2.24) is 29.0 Å². The van der Waals surface area contributed by atoms with Crippen LogP contribution in [0.1, 0.15) is 42.9 Å². The van der Waals surface area contributed by atoms with Crippen LogP contribution in [0.4, 0.5) is 13.2 Å². The molecule has 10 heteroatoms. The van der Waals surface area contributed by atoms with E-state index in [-0.39, 0.29) is 18.2 Å². The molecule has 180 valence electrons. The lowest BCUT2D eigenvalue weighted by Gasteiger charge is -2.33. The lowest BCUT2D eigenvalue weighted by molar-refractivity contribution is -0.136. The Morgan fingerprint density at radius 1 is 1.18 bits per heavy atom. The standard InChI is InChI=1S/C24H27F3N6O/c1-15-10-21-20(11-19(15)17-9-16(2)22-28-14-29-32(22)12-17)30-23(34)33(21)18-5-3-7-31(13-18)8-4-6-24(25,26)27/h9-12,14,18H,3-8,13H2,1-2H3,(H,30,34). The average Bonchev–Trinajstić information content (AvgIpc) is 3.36. The summed E-state index contributed by atoms with van der Waals surface area (Å²) in [6, 6.07) is 6.00. The van der Waals surface area contributed by atoms with Crippen molar-refractivity contribution in [1.29, 1.82) is 0 Å². The second-order valence-corrected chi connectivity index (χ2v) is 9.24. The highest BCUT2D eigenvalue weighted by molar-refractivity contribution is 5.84. The van der Waals surface area contributed by atoms with Crippen molar-refractivity contribution in [3.05, 3.63) is 52.3 Å². The quantitative estimate of drug-likeness (QED) is 0.460. The molecule has 4 heterocycles. The van der Waals surface area contributed by atoms with E-state index in [2.05, 4.69) is 21.1 Å². The van der Waals surface area contributed by atoms with Crippen LogP contribution in [0.25, 0.3) is 27.8 Å². The SMILES string of the molecule is Cc1cc2c(cc1-c1cc(C)c3ncnn3c1)[nH]c(=O)n2C1CCCN(CCCC(F)(F)F)C1. The van der Waals surface area contributed by atoms with E-state index < -0.39 is 12.6 Å². The molecule has 5 rings (SSSR count). The Bertz CT molecular complexity index is 1400. The van der Waals surface area contributed by atoms with Gasteiger partial charge in [0.05, 0.1) is 17.1 Å². The number of piperidine rings is 1. The first-order chi connectivity index (χ1) is 16.2. The third kappa shape index (κ3) is 4.34. The molecule has 0 aliphatic carbocycles. The Morgan fingerprint density at radius 3 is 2.79 bits per heavy atom. The number of alkyl halides is 3. The first-order valence-electron chi connectivity index (χ1n) is 11.5. The maximum absolute atomic E-state index is 13.0. The minimum atomic E-state index is -4.13. The van der Waals surface area contributed by atoms with Crippen LogP contribution in [-0.4, -0.2) is 54.9 Å². The Morgan fingerprint density at radius 2 is 2.00 bits per heavy atom. The van der Waals surface area contributed by atoms with Crippen LogP contribution in [0.3, 0.4) is 0 Å². The number of imidazole rings is 1. The summed E-state index contributed by atoms with van der Waals surface area (Å²) in [4.78, 5) is 22.3. The minimum Gasteiger partial charge on any atom is -0.306 e. The molecule has 7 nitrogen and oxygen atoms in total. The van der Waals surface area contributed by atoms with Crippen molar-refractivity contribution in [2.45, 2.75) is 51.7 Å². The summed E-state index contributed by atoms with van der Waals surface area (Å²) in [5, 5.41) is 4.26. The fourth-order valence-corrected chi connectivity index (χ4v) is 5.14. The lowest BCUT2D eigenvalue weighted by Crippen LogP contribution is -2.39. The van der Waals surface area contributed by atoms with Gasteiger partial charge in [-0.1, -0.05) is 0 Å². The number of pyridine rings is 1. The van der Waals surface area contributed by atoms with E-state index in [1.165, 1.54) is 6.33 Å². The zero-order chi connectivity index (χ0) is 24.0. The molecule has 1 atom stereocenters. The predicted molar refractivity (Wildman–Crippen MR) is 124 cm³/mol. The number of benzene rings is 1. The van der Waals surface area contributed by atoms with Gasteiger partial charge in [0, 0.05) is 24.7 Å². The highest BCUT2D eigenvalue weighted by Gasteiger charge is 2.28. The Kier molecular flexibility index (Phi) is 5.71. The van der Waals surface area contributed by atoms with Crippen molar-refractivity contribution in [3.8, 4) is 11.1 Å². The van der Waals surface area contributed by atoms with Crippen LogP contribution in [0.15, 0.2) is 35.5 Å². The number of H-pyrrole nitrogens is 1. The number of nitrogens with one attached hydrogen (secondary N) is 1. The molecule has 1 unspecified atom stereocenters. The van der Waals surface area contributed by atoms with Crippen LogP contribution in [0.2, 0.25) is 0 Å². The number of rotatable bonds is 5. The molecule has 4 aromatic rings. The predicted octanol–water partition coefficient (Wildman–Crippen LogP) is 4.64. The van der Waals surface area contributed by atoms with Gasteiger partial charge >= 0.3 is 11.9 Å². The van der Waals surface area contributed by atoms with Gasteiger partial charge in [-0.2, -0.15) is 18.3 Å². The van der Waals surface area contributed by atoms with Crippen LogP contribution >= 0.6 is 0 Å². The molecule has 0 radical (unpaired) electrons. The van der Waals surface area contributed by atoms with Gasteiger partial charge in [-0.25, -0.2) is 14.3 Å². The number of fused-ring (bicyclic) bond motifs is 2. The van der Waals surface area contributed by atoms with E-state index in [4.69, 9.17) is 0 Å². The molecule has 0 spiro atoms. The summed E-state index contributed by atoms with van der Waals surface area (Å²) < 4.78 is 41.1. The van der Waals surface area contributed by atoms with Crippen molar-refractivity contribution < 1.29 is 13.2 Å². The van der Waals surface area contributed by atoms with Gasteiger partial charge in [-0.3, -0.25) is 4.57 Å². The molecule has 3 aromatic heterocycles. The Hall–Kier alpha value is -3.14. The number of nitrogens with zero attached hydrogens (tertiary/aromatic N) is 5. The molecule has 1 saturated heterocycles. The highest BCUT2D eigenvalue weighted by atomic mass is 19.4. The third-order valence-corrected chi connectivity index (χ3v) is 6.71. The summed E-state index contributed by atoms with van der Waals surface area (Å²) in [6.45, 7) is 5.73. The fraction of sp³-hybridized carbons (Fsp3) is 0.458. The monoisotopic (exact) mass is 472 g/mol. The number of aryl methyl sites for hydroxylation is 2. The van der Waals surface area contributed by atoms with E-state index in [1.807, 2.05) is 37.1 Å². The van der Waals surface area contributed by atoms with Gasteiger partial charge in [0.2, 0.25) is 0 Å². The summed E-state index contributed by atoms with van der Waals surface area (Å²) in [7, 11) is 0. The summed E-state index contributed by atoms with van der Waals surface area (Å²) in [5.74, 6) is 0. The average molecular weight is 473 g/mol. The number of hydrogen-bond donors (Lipinski definition) is 1. The third-order valence-electron chi connectivity index (χ3n) is 6.71. The molecular weight excluding hydrogens is 445 g/mol. The molecule has 0 saturated carbocycles. The van der Waals surface area contributed by atoms with Gasteiger partial charge in [0.1, 0.15) is 6.33 Å². The maximum atomic E-state index is 13.0. The van der Waals surface area contributed by atoms with E-state index in [9.17, 15) is 18.0 Å². The van der Waals surface area contributed by atoms with E-state index in [1.54, 1.807) is 9.08 Å². The van der Waals surface area contributed by atoms with Gasteiger partial charge < -0.3 is 9.88 Å². The number of halogens is 3. The Balaban J connectivity index is 1.44. The molecule has 34 heavy (non-hydrogen) atoms. The van der Waals surface area contributed by atoms with Crippen molar-refractivity contribution in [3.63, 3.8) is 0 Å². The molecule has 1 N–H and O–H groups in total. The van der Waals surface area contributed by atoms with Crippen LogP contribution in [0, 0.1) is 13.8 Å². The number of aromatic amines is 1. The van der Waals surface area contributed by atoms with E-state index in [0.29, 0.717) is 13.1 Å². The van der Waals surface area contributed by atoms with Gasteiger partial charge in [0.15, 0.2) is 5.65 Å². The van der Waals surface area contributed by atoms with Gasteiger partial charge in [-0.05, 0) is 81.1 Å². The zero-order valence-electron chi connectivity index (χ0n) is 19.2. The second-order valence-electron chi connectivity index (χ2n) is 9.24. The minimum absolute atomic E-state index is 0.0696. The highest BCUT2D eigenvalue weighted by Crippen LogP contribution is 2.31. The van der Waals surface area contributed by atoms with E-state index >= 15 is 0 Å². The number of aromatic nitrogens is 5. The largest absolute Gasteiger partial charge is 0.389 e. The molecule has 0 bridgehead atoms. The molecule has 1 aliphatic heterocycles. The van der Waals surface area contributed by atoms with Crippen molar-refractivity contribution in [2.75, 3.05) is 19.6 Å². The van der Waals surface area contributed by atoms with Crippen LogP contribution in [0.5, 0.6) is 0 Å². The molecule has 1 fully saturated rings. The van der Waals surface area contributed by atoms with Crippen molar-refractivity contribution in [2.24, 2.45) is 0 Å². The molecule has 1 aromatic carbocycles. The molecule has 0 amide bonds. The zero-order valence-corrected chi connectivity index (χ0v) is 19.2. The fourth-order valence-electron chi connectivity index (χ4n) is 5.14. The van der Waals surface area contributed by atoms with Gasteiger partial charge in [0.25, 0.3) is 0 Å². The summed E-state index contributed by atoms with van der Waals surface area (Å²) in [5.41, 5.74) is 6.21. The summed E-state index contributed by atoms with van der Waals surface area (Å²) in [6.07, 6.45) is 0.305. The van der Waals surface area contributed by atoms with Crippen LogP contribution < -0.4 is 5.69 Å². The van der Waals surface area contributed by atoms with Crippen LogP contribution in [-0.2, 0) is 0 Å². The van der Waals surface area contributed by atoms with Gasteiger partial charge in [-0.15, -0.1) is 0 Å². The first-order valence-corrected chi connectivity index (χ1v) is 11.5. The number of likely N-dealkylation sites (tertiary alicyclic amines) is 1. The molecular formula is C24H27F3N6O. The van der Waals surface area contributed by atoms with E-state index in [0.717, 1.165) is 58.3 Å². The Labute approximate surface area is 194 Å². The smallest absolute Gasteiger partial charge is 0.306 e.